The summed E-state index contributed by atoms with van der Waals surface area (Å²) in [7, 11) is 0. The molecule has 0 bridgehead atoms. The zero-order valence-corrected chi connectivity index (χ0v) is 12.2. The molecule has 2 rings (SSSR count). The number of hydrogen-bond donors (Lipinski definition) is 3. The molecule has 0 aliphatic rings. The van der Waals surface area contributed by atoms with Gasteiger partial charge in [0.25, 0.3) is 0 Å². The minimum absolute atomic E-state index is 0.246. The lowest BCUT2D eigenvalue weighted by atomic mass is 10.1. The second-order valence-electron chi connectivity index (χ2n) is 5.24. The van der Waals surface area contributed by atoms with Gasteiger partial charge in [-0.15, -0.1) is 0 Å². The monoisotopic (exact) mass is 283 g/mol. The normalized spacial score (nSPS) is 11.9. The molecule has 0 radical (unpaired) electrons. The van der Waals surface area contributed by atoms with E-state index in [4.69, 9.17) is 11.5 Å². The van der Waals surface area contributed by atoms with Crippen LogP contribution in [0.3, 0.4) is 0 Å². The van der Waals surface area contributed by atoms with Crippen molar-refractivity contribution >= 4 is 17.3 Å². The molecule has 1 amide bonds. The van der Waals surface area contributed by atoms with Crippen LogP contribution in [0.4, 0.5) is 11.4 Å². The van der Waals surface area contributed by atoms with Gasteiger partial charge >= 0.3 is 0 Å². The van der Waals surface area contributed by atoms with Gasteiger partial charge in [-0.25, -0.2) is 0 Å². The summed E-state index contributed by atoms with van der Waals surface area (Å²) in [5.74, 6) is -0.449. The molecule has 0 saturated heterocycles. The minimum atomic E-state index is -0.449. The van der Waals surface area contributed by atoms with E-state index >= 15 is 0 Å². The molecular weight excluding hydrogens is 262 g/mol. The van der Waals surface area contributed by atoms with Crippen LogP contribution in [0.1, 0.15) is 29.3 Å². The van der Waals surface area contributed by atoms with Crippen LogP contribution in [0.5, 0.6) is 0 Å². The number of carbonyl (C=O) groups is 1. The summed E-state index contributed by atoms with van der Waals surface area (Å²) in [6.07, 6.45) is 1.97. The van der Waals surface area contributed by atoms with Gasteiger partial charge in [0.2, 0.25) is 5.91 Å². The third kappa shape index (κ3) is 4.24. The molecule has 0 saturated carbocycles. The SMILES string of the molecule is CC(CCc1ccccc1)Nc1cc(C(N)=O)ccc1N. The second kappa shape index (κ2) is 6.79. The van der Waals surface area contributed by atoms with Crippen LogP contribution in [0.15, 0.2) is 48.5 Å². The van der Waals surface area contributed by atoms with E-state index in [2.05, 4.69) is 24.4 Å². The van der Waals surface area contributed by atoms with Crippen LogP contribution >= 0.6 is 0 Å². The number of benzene rings is 2. The van der Waals surface area contributed by atoms with Gasteiger partial charge in [-0.2, -0.15) is 0 Å². The molecule has 1 unspecified atom stereocenters. The molecular formula is C17H21N3O. The van der Waals surface area contributed by atoms with Gasteiger partial charge < -0.3 is 16.8 Å². The van der Waals surface area contributed by atoms with Crippen molar-refractivity contribution in [1.82, 2.24) is 0 Å². The Hall–Kier alpha value is -2.49. The molecule has 1 atom stereocenters. The summed E-state index contributed by atoms with van der Waals surface area (Å²) in [4.78, 5) is 11.2. The Morgan fingerprint density at radius 3 is 2.57 bits per heavy atom. The zero-order valence-electron chi connectivity index (χ0n) is 12.2. The van der Waals surface area contributed by atoms with Crippen LogP contribution in [0.25, 0.3) is 0 Å². The van der Waals surface area contributed by atoms with Crippen LogP contribution in [0, 0.1) is 0 Å². The Morgan fingerprint density at radius 1 is 1.19 bits per heavy atom. The summed E-state index contributed by atoms with van der Waals surface area (Å²) in [5.41, 5.74) is 14.4. The van der Waals surface area contributed by atoms with E-state index < -0.39 is 5.91 Å². The third-order valence-electron chi connectivity index (χ3n) is 3.45. The molecule has 4 nitrogen and oxygen atoms in total. The van der Waals surface area contributed by atoms with E-state index in [1.165, 1.54) is 5.56 Å². The van der Waals surface area contributed by atoms with Crippen molar-refractivity contribution in [3.8, 4) is 0 Å². The van der Waals surface area contributed by atoms with Crippen LogP contribution < -0.4 is 16.8 Å². The molecule has 0 spiro atoms. The molecule has 110 valence electrons. The van der Waals surface area contributed by atoms with Crippen molar-refractivity contribution in [3.63, 3.8) is 0 Å². The van der Waals surface area contributed by atoms with Crippen molar-refractivity contribution in [3.05, 3.63) is 59.7 Å². The quantitative estimate of drug-likeness (QED) is 0.713. The summed E-state index contributed by atoms with van der Waals surface area (Å²) >= 11 is 0. The van der Waals surface area contributed by atoms with Gasteiger partial charge in [0.15, 0.2) is 0 Å². The highest BCUT2D eigenvalue weighted by Gasteiger charge is 2.08. The summed E-state index contributed by atoms with van der Waals surface area (Å²) in [5, 5.41) is 3.34. The second-order valence-corrected chi connectivity index (χ2v) is 5.24. The first-order valence-electron chi connectivity index (χ1n) is 7.06. The van der Waals surface area contributed by atoms with E-state index in [1.807, 2.05) is 18.2 Å². The first-order chi connectivity index (χ1) is 10.1. The minimum Gasteiger partial charge on any atom is -0.397 e. The average Bonchev–Trinajstić information content (AvgIpc) is 2.48. The predicted octanol–water partition coefficient (Wildman–Crippen LogP) is 2.80. The Bertz CT molecular complexity index is 611. The van der Waals surface area contributed by atoms with Crippen LogP contribution in [-0.2, 0) is 6.42 Å². The lowest BCUT2D eigenvalue weighted by Crippen LogP contribution is -2.18. The smallest absolute Gasteiger partial charge is 0.248 e. The van der Waals surface area contributed by atoms with Crippen LogP contribution in [-0.4, -0.2) is 11.9 Å². The lowest BCUT2D eigenvalue weighted by molar-refractivity contribution is 0.100. The number of carbonyl (C=O) groups excluding carboxylic acids is 1. The fourth-order valence-electron chi connectivity index (χ4n) is 2.20. The first kappa shape index (κ1) is 14.9. The lowest BCUT2D eigenvalue weighted by Gasteiger charge is -2.17. The summed E-state index contributed by atoms with van der Waals surface area (Å²) in [6.45, 7) is 2.10. The maximum atomic E-state index is 11.2. The number of primary amides is 1. The Morgan fingerprint density at radius 2 is 1.90 bits per heavy atom. The maximum absolute atomic E-state index is 11.2. The number of rotatable bonds is 6. The molecule has 0 heterocycles. The highest BCUT2D eigenvalue weighted by Crippen LogP contribution is 2.21. The van der Waals surface area contributed by atoms with E-state index in [9.17, 15) is 4.79 Å². The molecule has 0 aliphatic heterocycles. The van der Waals surface area contributed by atoms with Gasteiger partial charge in [0.1, 0.15) is 0 Å². The van der Waals surface area contributed by atoms with E-state index in [1.54, 1.807) is 18.2 Å². The largest absolute Gasteiger partial charge is 0.397 e. The van der Waals surface area contributed by atoms with E-state index in [0.717, 1.165) is 18.5 Å². The Labute approximate surface area is 125 Å². The first-order valence-corrected chi connectivity index (χ1v) is 7.06. The highest BCUT2D eigenvalue weighted by molar-refractivity contribution is 5.94. The van der Waals surface area contributed by atoms with Crippen molar-refractivity contribution in [2.24, 2.45) is 5.73 Å². The molecule has 2 aromatic rings. The zero-order chi connectivity index (χ0) is 15.2. The molecule has 0 aromatic heterocycles. The third-order valence-corrected chi connectivity index (χ3v) is 3.45. The van der Waals surface area contributed by atoms with E-state index in [-0.39, 0.29) is 6.04 Å². The molecule has 0 fully saturated rings. The van der Waals surface area contributed by atoms with Gasteiger partial charge in [-0.1, -0.05) is 30.3 Å². The standard InChI is InChI=1S/C17H21N3O/c1-12(7-8-13-5-3-2-4-6-13)20-16-11-14(17(19)21)9-10-15(16)18/h2-6,9-12,20H,7-8,18H2,1H3,(H2,19,21). The van der Waals surface area contributed by atoms with Crippen molar-refractivity contribution in [2.75, 3.05) is 11.1 Å². The number of nitrogens with one attached hydrogen (secondary N) is 1. The molecule has 2 aromatic carbocycles. The highest BCUT2D eigenvalue weighted by atomic mass is 16.1. The fraction of sp³-hybridized carbons (Fsp3) is 0.235. The fourth-order valence-corrected chi connectivity index (χ4v) is 2.20. The van der Waals surface area contributed by atoms with Crippen molar-refractivity contribution < 1.29 is 4.79 Å². The van der Waals surface area contributed by atoms with Gasteiger partial charge in [0, 0.05) is 11.6 Å². The number of anilines is 2. The number of nitrogens with two attached hydrogens (primary N) is 2. The molecule has 5 N–H and O–H groups in total. The number of amides is 1. The summed E-state index contributed by atoms with van der Waals surface area (Å²) in [6, 6.07) is 15.6. The molecule has 21 heavy (non-hydrogen) atoms. The Kier molecular flexibility index (Phi) is 4.82. The molecule has 4 heteroatoms. The van der Waals surface area contributed by atoms with Gasteiger partial charge in [0.05, 0.1) is 11.4 Å². The molecule has 0 aliphatic carbocycles. The Balaban J connectivity index is 1.97. The van der Waals surface area contributed by atoms with Gasteiger partial charge in [-0.3, -0.25) is 4.79 Å². The average molecular weight is 283 g/mol. The topological polar surface area (TPSA) is 81.1 Å². The number of aryl methyl sites for hydroxylation is 1. The van der Waals surface area contributed by atoms with E-state index in [0.29, 0.717) is 11.3 Å². The number of nitrogen functional groups attached to an aromatic ring is 1. The van der Waals surface area contributed by atoms with Crippen LogP contribution in [0.2, 0.25) is 0 Å². The van der Waals surface area contributed by atoms with Gasteiger partial charge in [-0.05, 0) is 43.5 Å². The maximum Gasteiger partial charge on any atom is 0.248 e. The number of hydrogen-bond acceptors (Lipinski definition) is 3. The van der Waals surface area contributed by atoms with Crippen molar-refractivity contribution in [1.29, 1.82) is 0 Å². The summed E-state index contributed by atoms with van der Waals surface area (Å²) < 4.78 is 0. The van der Waals surface area contributed by atoms with Crippen molar-refractivity contribution in [2.45, 2.75) is 25.8 Å². The predicted molar refractivity (Wildman–Crippen MR) is 87.2 cm³/mol.